The van der Waals surface area contributed by atoms with Crippen LogP contribution in [0.3, 0.4) is 0 Å². The van der Waals surface area contributed by atoms with Crippen molar-refractivity contribution in [2.75, 3.05) is 11.9 Å². The van der Waals surface area contributed by atoms with Gasteiger partial charge in [0.05, 0.1) is 11.4 Å². The molecule has 0 radical (unpaired) electrons. The topological polar surface area (TPSA) is 96.6 Å². The van der Waals surface area contributed by atoms with E-state index in [1.165, 1.54) is 0 Å². The number of hydrogen-bond donors (Lipinski definition) is 3. The van der Waals surface area contributed by atoms with Crippen molar-refractivity contribution in [2.45, 2.75) is 39.1 Å². The molecule has 7 heteroatoms. The van der Waals surface area contributed by atoms with Crippen molar-refractivity contribution < 1.29 is 8.42 Å². The molecule has 6 nitrogen and oxygen atoms in total. The molecule has 146 valence electrons. The monoisotopic (exact) mass is 388 g/mol. The van der Waals surface area contributed by atoms with Gasteiger partial charge in [0.2, 0.25) is 10.0 Å². The van der Waals surface area contributed by atoms with Crippen LogP contribution in [0.4, 0.5) is 5.69 Å². The van der Waals surface area contributed by atoms with Crippen LogP contribution in [-0.4, -0.2) is 20.9 Å². The molecule has 0 amide bonds. The van der Waals surface area contributed by atoms with Crippen LogP contribution >= 0.6 is 0 Å². The summed E-state index contributed by atoms with van der Waals surface area (Å²) < 4.78 is 27.0. The van der Waals surface area contributed by atoms with Crippen molar-refractivity contribution >= 4 is 21.7 Å². The van der Waals surface area contributed by atoms with Crippen molar-refractivity contribution in [1.29, 1.82) is 0 Å². The van der Waals surface area contributed by atoms with Crippen LogP contribution in [0, 0.1) is 19.8 Å². The van der Waals surface area contributed by atoms with Gasteiger partial charge in [-0.15, -0.1) is 0 Å². The molecule has 2 aromatic carbocycles. The largest absolute Gasteiger partial charge is 0.370 e. The number of sulfonamides is 1. The molecule has 0 aliphatic carbocycles. The van der Waals surface area contributed by atoms with Gasteiger partial charge in [0.1, 0.15) is 0 Å². The number of aryl methyl sites for hydroxylation is 2. The lowest BCUT2D eigenvalue weighted by Gasteiger charge is -2.09. The minimum Gasteiger partial charge on any atom is -0.370 e. The van der Waals surface area contributed by atoms with E-state index < -0.39 is 10.0 Å². The van der Waals surface area contributed by atoms with E-state index in [1.54, 1.807) is 24.3 Å². The van der Waals surface area contributed by atoms with E-state index in [9.17, 15) is 8.42 Å². The highest BCUT2D eigenvalue weighted by Crippen LogP contribution is 2.14. The van der Waals surface area contributed by atoms with Crippen molar-refractivity contribution in [3.63, 3.8) is 0 Å². The highest BCUT2D eigenvalue weighted by atomic mass is 32.2. The van der Waals surface area contributed by atoms with Crippen LogP contribution in [0.25, 0.3) is 0 Å². The van der Waals surface area contributed by atoms with Gasteiger partial charge in [-0.3, -0.25) is 0 Å². The van der Waals surface area contributed by atoms with Crippen molar-refractivity contribution in [3.05, 3.63) is 59.2 Å². The molecule has 0 saturated carbocycles. The molecule has 0 aromatic heterocycles. The van der Waals surface area contributed by atoms with Crippen LogP contribution in [0.2, 0.25) is 0 Å². The van der Waals surface area contributed by atoms with Gasteiger partial charge in [-0.1, -0.05) is 32.0 Å². The molecule has 27 heavy (non-hydrogen) atoms. The fourth-order valence-corrected chi connectivity index (χ4v) is 3.76. The molecule has 2 aromatic rings. The maximum Gasteiger partial charge on any atom is 0.240 e. The minimum atomic E-state index is -3.48. The first-order valence-electron chi connectivity index (χ1n) is 8.89. The Balaban J connectivity index is 2.00. The molecule has 0 saturated heterocycles. The Morgan fingerprint density at radius 2 is 1.67 bits per heavy atom. The standard InChI is InChI=1S/C20H28N4O2S/c1-14(2)12-23-27(25,26)19-7-5-17(6-8-19)13-22-20(21)24-18-10-15(3)9-16(4)11-18/h5-11,14,23H,12-13H2,1-4H3,(H3,21,22,24). The minimum absolute atomic E-state index is 0.247. The molecule has 0 aliphatic rings. The molecule has 0 atom stereocenters. The van der Waals surface area contributed by atoms with Crippen LogP contribution in [0.15, 0.2) is 52.4 Å². The summed E-state index contributed by atoms with van der Waals surface area (Å²) in [5, 5.41) is 3.08. The third kappa shape index (κ3) is 6.69. The molecule has 4 N–H and O–H groups in total. The predicted octanol–water partition coefficient (Wildman–Crippen LogP) is 3.16. The molecule has 2 rings (SSSR count). The zero-order valence-electron chi connectivity index (χ0n) is 16.3. The van der Waals surface area contributed by atoms with Gasteiger partial charge >= 0.3 is 0 Å². The van der Waals surface area contributed by atoms with Crippen molar-refractivity contribution in [1.82, 2.24) is 4.72 Å². The van der Waals surface area contributed by atoms with Crippen LogP contribution in [-0.2, 0) is 16.6 Å². The Morgan fingerprint density at radius 1 is 1.07 bits per heavy atom. The maximum atomic E-state index is 12.2. The Bertz CT molecular complexity index is 884. The average molecular weight is 389 g/mol. The number of nitrogens with zero attached hydrogens (tertiary/aromatic N) is 1. The summed E-state index contributed by atoms with van der Waals surface area (Å²) in [5.74, 6) is 0.566. The quantitative estimate of drug-likeness (QED) is 0.501. The van der Waals surface area contributed by atoms with E-state index in [0.29, 0.717) is 19.0 Å². The Morgan fingerprint density at radius 3 is 2.22 bits per heavy atom. The summed E-state index contributed by atoms with van der Waals surface area (Å²) in [6.45, 7) is 8.74. The van der Waals surface area contributed by atoms with Crippen LogP contribution in [0.1, 0.15) is 30.5 Å². The van der Waals surface area contributed by atoms with E-state index in [1.807, 2.05) is 39.8 Å². The first-order chi connectivity index (χ1) is 12.7. The fourth-order valence-electron chi connectivity index (χ4n) is 2.54. The predicted molar refractivity (Wildman–Crippen MR) is 111 cm³/mol. The van der Waals surface area contributed by atoms with Crippen LogP contribution in [0.5, 0.6) is 0 Å². The Kier molecular flexibility index (Phi) is 6.98. The average Bonchev–Trinajstić information content (AvgIpc) is 2.58. The second-order valence-electron chi connectivity index (χ2n) is 7.09. The number of nitrogens with one attached hydrogen (secondary N) is 2. The van der Waals surface area contributed by atoms with E-state index in [2.05, 4.69) is 21.1 Å². The van der Waals surface area contributed by atoms with Crippen molar-refractivity contribution in [3.8, 4) is 0 Å². The second-order valence-corrected chi connectivity index (χ2v) is 8.86. The molecule has 0 fully saturated rings. The zero-order chi connectivity index (χ0) is 20.0. The number of benzene rings is 2. The summed E-state index contributed by atoms with van der Waals surface area (Å²) in [5.41, 5.74) is 10.0. The molecule has 0 heterocycles. The van der Waals surface area contributed by atoms with E-state index >= 15 is 0 Å². The van der Waals surface area contributed by atoms with Crippen LogP contribution < -0.4 is 15.8 Å². The number of hydrogen-bond acceptors (Lipinski definition) is 3. The highest BCUT2D eigenvalue weighted by molar-refractivity contribution is 7.89. The van der Waals surface area contributed by atoms with Gasteiger partial charge in [0, 0.05) is 12.2 Å². The summed E-state index contributed by atoms with van der Waals surface area (Å²) in [7, 11) is -3.48. The Labute approximate surface area is 162 Å². The molecule has 0 aliphatic heterocycles. The van der Waals surface area contributed by atoms with Gasteiger partial charge in [0.25, 0.3) is 0 Å². The number of guanidine groups is 1. The van der Waals surface area contributed by atoms with E-state index in [0.717, 1.165) is 22.4 Å². The smallest absolute Gasteiger partial charge is 0.240 e. The number of nitrogens with two attached hydrogens (primary N) is 1. The van der Waals surface area contributed by atoms with Gasteiger partial charge < -0.3 is 11.1 Å². The maximum absolute atomic E-state index is 12.2. The first-order valence-corrected chi connectivity index (χ1v) is 10.4. The summed E-state index contributed by atoms with van der Waals surface area (Å²) >= 11 is 0. The fraction of sp³-hybridized carbons (Fsp3) is 0.350. The Hall–Kier alpha value is -2.38. The first kappa shape index (κ1) is 20.9. The molecule has 0 unspecified atom stereocenters. The summed E-state index contributed by atoms with van der Waals surface area (Å²) in [4.78, 5) is 4.57. The normalized spacial score (nSPS) is 12.4. The summed E-state index contributed by atoms with van der Waals surface area (Å²) in [6.07, 6.45) is 0. The zero-order valence-corrected chi connectivity index (χ0v) is 17.1. The highest BCUT2D eigenvalue weighted by Gasteiger charge is 2.13. The molecule has 0 bridgehead atoms. The van der Waals surface area contributed by atoms with E-state index in [4.69, 9.17) is 5.73 Å². The third-order valence-electron chi connectivity index (χ3n) is 3.84. The lowest BCUT2D eigenvalue weighted by Crippen LogP contribution is -2.27. The number of rotatable bonds is 7. The lowest BCUT2D eigenvalue weighted by molar-refractivity contribution is 0.560. The molecular formula is C20H28N4O2S. The number of anilines is 1. The lowest BCUT2D eigenvalue weighted by atomic mass is 10.1. The molecular weight excluding hydrogens is 360 g/mol. The van der Waals surface area contributed by atoms with Gasteiger partial charge in [0.15, 0.2) is 5.96 Å². The molecule has 0 spiro atoms. The SMILES string of the molecule is Cc1cc(C)cc(NC(N)=NCc2ccc(S(=O)(=O)NCC(C)C)cc2)c1. The summed E-state index contributed by atoms with van der Waals surface area (Å²) in [6, 6.07) is 12.7. The number of aliphatic imine (C=N–C) groups is 1. The van der Waals surface area contributed by atoms with Gasteiger partial charge in [-0.05, 0) is 60.7 Å². The van der Waals surface area contributed by atoms with E-state index in [-0.39, 0.29) is 10.8 Å². The van der Waals surface area contributed by atoms with Gasteiger partial charge in [-0.2, -0.15) is 0 Å². The van der Waals surface area contributed by atoms with Gasteiger partial charge in [-0.25, -0.2) is 18.1 Å². The van der Waals surface area contributed by atoms with Crippen molar-refractivity contribution in [2.24, 2.45) is 16.6 Å². The second kappa shape index (κ2) is 9.01. The third-order valence-corrected chi connectivity index (χ3v) is 5.28.